The van der Waals surface area contributed by atoms with Crippen molar-refractivity contribution in [3.8, 4) is 11.4 Å². The minimum Gasteiger partial charge on any atom is -0.495 e. The maximum Gasteiger partial charge on any atom is 0.142 e. The van der Waals surface area contributed by atoms with Crippen LogP contribution in [0, 0.1) is 6.92 Å². The van der Waals surface area contributed by atoms with Crippen LogP contribution in [-0.2, 0) is 6.42 Å². The van der Waals surface area contributed by atoms with Crippen molar-refractivity contribution in [2.75, 3.05) is 12.8 Å². The van der Waals surface area contributed by atoms with Gasteiger partial charge in [-0.1, -0.05) is 13.0 Å². The van der Waals surface area contributed by atoms with Gasteiger partial charge in [-0.2, -0.15) is 0 Å². The molecule has 4 nitrogen and oxygen atoms in total. The Morgan fingerprint density at radius 2 is 2.00 bits per heavy atom. The summed E-state index contributed by atoms with van der Waals surface area (Å²) in [6.45, 7) is 4.18. The lowest BCUT2D eigenvalue weighted by molar-refractivity contribution is 0.412. The van der Waals surface area contributed by atoms with Gasteiger partial charge in [0.05, 0.1) is 23.8 Å². The van der Waals surface area contributed by atoms with Gasteiger partial charge in [0.2, 0.25) is 0 Å². The lowest BCUT2D eigenvalue weighted by Crippen LogP contribution is -2.03. The number of aryl methyl sites for hydroxylation is 2. The Labute approximate surface area is 124 Å². The number of anilines is 1. The highest BCUT2D eigenvalue weighted by atomic mass is 16.5. The molecule has 4 heteroatoms. The van der Waals surface area contributed by atoms with Crippen LogP contribution >= 0.6 is 0 Å². The fraction of sp³-hybridized carbons (Fsp3) is 0.235. The summed E-state index contributed by atoms with van der Waals surface area (Å²) in [6, 6.07) is 12.0. The first kappa shape index (κ1) is 13.5. The topological polar surface area (TPSA) is 53.1 Å². The standard InChI is InChI=1S/C17H19N3O/c1-4-17-19-13-10-12(18)6-7-14(13)20(17)15-9-11(2)5-8-16(15)21-3/h5-10H,4,18H2,1-3H3. The molecule has 108 valence electrons. The number of nitrogens with two attached hydrogens (primary N) is 1. The molecule has 0 aliphatic rings. The van der Waals surface area contributed by atoms with Crippen molar-refractivity contribution in [1.82, 2.24) is 9.55 Å². The third-order valence-corrected chi connectivity index (χ3v) is 3.64. The van der Waals surface area contributed by atoms with Crippen LogP contribution in [0.25, 0.3) is 16.7 Å². The second-order valence-electron chi connectivity index (χ2n) is 5.14. The highest BCUT2D eigenvalue weighted by Crippen LogP contribution is 2.30. The number of benzene rings is 2. The molecule has 1 aromatic heterocycles. The largest absolute Gasteiger partial charge is 0.495 e. The summed E-state index contributed by atoms with van der Waals surface area (Å²) < 4.78 is 7.68. The molecule has 21 heavy (non-hydrogen) atoms. The SMILES string of the molecule is CCc1nc2cc(N)ccc2n1-c1cc(C)ccc1OC. The van der Waals surface area contributed by atoms with Crippen molar-refractivity contribution in [3.05, 3.63) is 47.8 Å². The number of rotatable bonds is 3. The Morgan fingerprint density at radius 1 is 1.19 bits per heavy atom. The molecule has 0 amide bonds. The van der Waals surface area contributed by atoms with Crippen LogP contribution in [0.15, 0.2) is 36.4 Å². The predicted octanol–water partition coefficient (Wildman–Crippen LogP) is 3.49. The minimum absolute atomic E-state index is 0.728. The number of fused-ring (bicyclic) bond motifs is 1. The molecule has 0 aliphatic heterocycles. The van der Waals surface area contributed by atoms with Crippen LogP contribution in [0.3, 0.4) is 0 Å². The van der Waals surface area contributed by atoms with Crippen molar-refractivity contribution in [3.63, 3.8) is 0 Å². The maximum atomic E-state index is 5.87. The van der Waals surface area contributed by atoms with Crippen LogP contribution < -0.4 is 10.5 Å². The van der Waals surface area contributed by atoms with E-state index in [0.717, 1.165) is 40.4 Å². The van der Waals surface area contributed by atoms with Gasteiger partial charge in [0.15, 0.2) is 0 Å². The molecule has 2 N–H and O–H groups in total. The summed E-state index contributed by atoms with van der Waals surface area (Å²) in [6.07, 6.45) is 0.839. The minimum atomic E-state index is 0.728. The highest BCUT2D eigenvalue weighted by Gasteiger charge is 2.15. The Kier molecular flexibility index (Phi) is 3.29. The van der Waals surface area contributed by atoms with Crippen molar-refractivity contribution in [1.29, 1.82) is 0 Å². The van der Waals surface area contributed by atoms with E-state index in [0.29, 0.717) is 0 Å². The Hall–Kier alpha value is -2.49. The smallest absolute Gasteiger partial charge is 0.142 e. The van der Waals surface area contributed by atoms with E-state index in [2.05, 4.69) is 24.5 Å². The molecule has 0 saturated heterocycles. The summed E-state index contributed by atoms with van der Waals surface area (Å²) in [5.74, 6) is 1.84. The van der Waals surface area contributed by atoms with E-state index in [1.165, 1.54) is 5.56 Å². The molecular formula is C17H19N3O. The molecule has 0 atom stereocenters. The molecule has 0 saturated carbocycles. The van der Waals surface area contributed by atoms with Crippen LogP contribution in [0.4, 0.5) is 5.69 Å². The number of imidazole rings is 1. The average molecular weight is 281 g/mol. The first-order chi connectivity index (χ1) is 10.1. The molecule has 0 fully saturated rings. The molecule has 1 heterocycles. The van der Waals surface area contributed by atoms with Crippen molar-refractivity contribution < 1.29 is 4.74 Å². The van der Waals surface area contributed by atoms with E-state index in [9.17, 15) is 0 Å². The van der Waals surface area contributed by atoms with Gasteiger partial charge < -0.3 is 10.5 Å². The van der Waals surface area contributed by atoms with Gasteiger partial charge in [0.25, 0.3) is 0 Å². The number of ether oxygens (including phenoxy) is 1. The van der Waals surface area contributed by atoms with E-state index in [1.54, 1.807) is 7.11 Å². The average Bonchev–Trinajstić information content (AvgIpc) is 2.84. The molecule has 0 bridgehead atoms. The van der Waals surface area contributed by atoms with Gasteiger partial charge in [-0.15, -0.1) is 0 Å². The van der Waals surface area contributed by atoms with Gasteiger partial charge in [0, 0.05) is 12.1 Å². The monoisotopic (exact) mass is 281 g/mol. The zero-order valence-corrected chi connectivity index (χ0v) is 12.6. The Morgan fingerprint density at radius 3 is 2.71 bits per heavy atom. The highest BCUT2D eigenvalue weighted by molar-refractivity contribution is 5.82. The lowest BCUT2D eigenvalue weighted by Gasteiger charge is -2.13. The zero-order chi connectivity index (χ0) is 15.0. The number of nitrogens with zero attached hydrogens (tertiary/aromatic N) is 2. The van der Waals surface area contributed by atoms with Crippen LogP contribution in [0.2, 0.25) is 0 Å². The summed E-state index contributed by atoms with van der Waals surface area (Å²) in [4.78, 5) is 4.70. The first-order valence-electron chi connectivity index (χ1n) is 7.06. The van der Waals surface area contributed by atoms with E-state index in [-0.39, 0.29) is 0 Å². The molecule has 0 aliphatic carbocycles. The molecule has 2 aromatic carbocycles. The quantitative estimate of drug-likeness (QED) is 0.748. The van der Waals surface area contributed by atoms with Gasteiger partial charge in [-0.05, 0) is 42.8 Å². The number of hydrogen-bond acceptors (Lipinski definition) is 3. The van der Waals surface area contributed by atoms with Crippen molar-refractivity contribution >= 4 is 16.7 Å². The second kappa shape index (κ2) is 5.13. The first-order valence-corrected chi connectivity index (χ1v) is 7.06. The summed E-state index contributed by atoms with van der Waals surface area (Å²) in [5.41, 5.74) is 10.8. The predicted molar refractivity (Wildman–Crippen MR) is 86.1 cm³/mol. The van der Waals surface area contributed by atoms with Crippen LogP contribution in [0.5, 0.6) is 5.75 Å². The van der Waals surface area contributed by atoms with Gasteiger partial charge in [0.1, 0.15) is 11.6 Å². The van der Waals surface area contributed by atoms with E-state index in [1.807, 2.05) is 30.3 Å². The van der Waals surface area contributed by atoms with Gasteiger partial charge >= 0.3 is 0 Å². The fourth-order valence-electron chi connectivity index (χ4n) is 2.63. The molecule has 3 aromatic rings. The van der Waals surface area contributed by atoms with E-state index >= 15 is 0 Å². The molecule has 0 radical (unpaired) electrons. The lowest BCUT2D eigenvalue weighted by atomic mass is 10.2. The molecular weight excluding hydrogens is 262 g/mol. The third-order valence-electron chi connectivity index (χ3n) is 3.64. The van der Waals surface area contributed by atoms with Crippen LogP contribution in [0.1, 0.15) is 18.3 Å². The molecule has 3 rings (SSSR count). The van der Waals surface area contributed by atoms with Crippen molar-refractivity contribution in [2.24, 2.45) is 0 Å². The van der Waals surface area contributed by atoms with E-state index in [4.69, 9.17) is 15.5 Å². The second-order valence-corrected chi connectivity index (χ2v) is 5.14. The molecule has 0 spiro atoms. The summed E-state index contributed by atoms with van der Waals surface area (Å²) >= 11 is 0. The third kappa shape index (κ3) is 2.23. The fourth-order valence-corrected chi connectivity index (χ4v) is 2.63. The number of aromatic nitrogens is 2. The van der Waals surface area contributed by atoms with E-state index < -0.39 is 0 Å². The molecule has 0 unspecified atom stereocenters. The van der Waals surface area contributed by atoms with Gasteiger partial charge in [-0.3, -0.25) is 4.57 Å². The van der Waals surface area contributed by atoms with Crippen molar-refractivity contribution in [2.45, 2.75) is 20.3 Å². The number of nitrogen functional groups attached to an aromatic ring is 1. The van der Waals surface area contributed by atoms with Gasteiger partial charge in [-0.25, -0.2) is 4.98 Å². The number of methoxy groups -OCH3 is 1. The Balaban J connectivity index is 2.36. The zero-order valence-electron chi connectivity index (χ0n) is 12.6. The number of hydrogen-bond donors (Lipinski definition) is 1. The summed E-state index contributed by atoms with van der Waals surface area (Å²) in [5, 5.41) is 0. The summed E-state index contributed by atoms with van der Waals surface area (Å²) in [7, 11) is 1.69. The maximum absolute atomic E-state index is 5.87. The normalized spacial score (nSPS) is 11.0. The Bertz CT molecular complexity index is 805. The van der Waals surface area contributed by atoms with Crippen LogP contribution in [-0.4, -0.2) is 16.7 Å².